The largest absolute Gasteiger partial charge is 0.394 e. The van der Waals surface area contributed by atoms with E-state index in [0.717, 1.165) is 35.2 Å². The SMILES string of the molecule is Cn1c(=O)sc2cc(CNC3(CO)CCC3)ccc21. The lowest BCUT2D eigenvalue weighted by atomic mass is 9.77. The van der Waals surface area contributed by atoms with Crippen LogP contribution in [0.25, 0.3) is 10.2 Å². The number of benzene rings is 1. The topological polar surface area (TPSA) is 54.3 Å². The van der Waals surface area contributed by atoms with Crippen LogP contribution in [0.4, 0.5) is 0 Å². The molecule has 0 atom stereocenters. The first-order valence-electron chi connectivity index (χ1n) is 6.58. The Morgan fingerprint density at radius 1 is 1.47 bits per heavy atom. The molecule has 0 saturated heterocycles. The summed E-state index contributed by atoms with van der Waals surface area (Å²) in [5, 5.41) is 12.9. The Morgan fingerprint density at radius 2 is 2.26 bits per heavy atom. The summed E-state index contributed by atoms with van der Waals surface area (Å²) in [5.74, 6) is 0. The maximum absolute atomic E-state index is 11.6. The Balaban J connectivity index is 1.80. The molecule has 2 aromatic rings. The quantitative estimate of drug-likeness (QED) is 0.893. The summed E-state index contributed by atoms with van der Waals surface area (Å²) < 4.78 is 2.71. The molecule has 5 heteroatoms. The number of fused-ring (bicyclic) bond motifs is 1. The molecule has 1 fully saturated rings. The molecule has 2 N–H and O–H groups in total. The van der Waals surface area contributed by atoms with Gasteiger partial charge in [0.25, 0.3) is 0 Å². The van der Waals surface area contributed by atoms with Crippen LogP contribution in [0.1, 0.15) is 24.8 Å². The lowest BCUT2D eigenvalue weighted by Gasteiger charge is -2.41. The Kier molecular flexibility index (Phi) is 3.20. The predicted octanol–water partition coefficient (Wildman–Crippen LogP) is 1.60. The smallest absolute Gasteiger partial charge is 0.307 e. The number of nitrogens with zero attached hydrogens (tertiary/aromatic N) is 1. The minimum absolute atomic E-state index is 0.0707. The molecule has 0 radical (unpaired) electrons. The highest BCUT2D eigenvalue weighted by Crippen LogP contribution is 2.31. The van der Waals surface area contributed by atoms with Crippen LogP contribution < -0.4 is 10.2 Å². The maximum Gasteiger partial charge on any atom is 0.307 e. The highest BCUT2D eigenvalue weighted by atomic mass is 32.1. The highest BCUT2D eigenvalue weighted by molar-refractivity contribution is 7.16. The van der Waals surface area contributed by atoms with E-state index in [1.807, 2.05) is 12.1 Å². The first-order valence-corrected chi connectivity index (χ1v) is 7.40. The molecule has 102 valence electrons. The third kappa shape index (κ3) is 2.22. The summed E-state index contributed by atoms with van der Waals surface area (Å²) in [5.41, 5.74) is 2.08. The molecule has 0 aliphatic heterocycles. The molecule has 1 aliphatic rings. The van der Waals surface area contributed by atoms with Crippen molar-refractivity contribution in [1.82, 2.24) is 9.88 Å². The van der Waals surface area contributed by atoms with Crippen molar-refractivity contribution < 1.29 is 5.11 Å². The lowest BCUT2D eigenvalue weighted by molar-refractivity contribution is 0.0872. The highest BCUT2D eigenvalue weighted by Gasteiger charge is 2.35. The van der Waals surface area contributed by atoms with Gasteiger partial charge in [0.1, 0.15) is 0 Å². The zero-order chi connectivity index (χ0) is 13.5. The molecular formula is C14H18N2O2S. The van der Waals surface area contributed by atoms with Crippen LogP contribution in [-0.4, -0.2) is 21.8 Å². The minimum Gasteiger partial charge on any atom is -0.394 e. The van der Waals surface area contributed by atoms with E-state index in [9.17, 15) is 9.90 Å². The van der Waals surface area contributed by atoms with Gasteiger partial charge in [0.15, 0.2) is 0 Å². The second-order valence-corrected chi connectivity index (χ2v) is 6.37. The van der Waals surface area contributed by atoms with Gasteiger partial charge in [0.2, 0.25) is 0 Å². The first-order chi connectivity index (χ1) is 9.13. The molecule has 1 heterocycles. The standard InChI is InChI=1S/C14H18N2O2S/c1-16-11-4-3-10(7-12(11)19-13(16)18)8-15-14(9-17)5-2-6-14/h3-4,7,15,17H,2,5-6,8-9H2,1H3. The molecule has 1 aromatic carbocycles. The fourth-order valence-corrected chi connectivity index (χ4v) is 3.52. The van der Waals surface area contributed by atoms with Gasteiger partial charge in [-0.2, -0.15) is 0 Å². The molecule has 1 aromatic heterocycles. The molecular weight excluding hydrogens is 260 g/mol. The summed E-state index contributed by atoms with van der Waals surface area (Å²) >= 11 is 1.28. The van der Waals surface area contributed by atoms with Crippen LogP contribution in [0, 0.1) is 0 Å². The van der Waals surface area contributed by atoms with Crippen LogP contribution in [0.15, 0.2) is 23.0 Å². The van der Waals surface area contributed by atoms with E-state index in [-0.39, 0.29) is 17.0 Å². The van der Waals surface area contributed by atoms with Crippen molar-refractivity contribution >= 4 is 21.6 Å². The van der Waals surface area contributed by atoms with Gasteiger partial charge < -0.3 is 15.0 Å². The third-order valence-electron chi connectivity index (χ3n) is 4.14. The van der Waals surface area contributed by atoms with Crippen molar-refractivity contribution in [1.29, 1.82) is 0 Å². The number of aliphatic hydroxyl groups is 1. The molecule has 4 nitrogen and oxygen atoms in total. The van der Waals surface area contributed by atoms with Gasteiger partial charge in [0.05, 0.1) is 16.8 Å². The Morgan fingerprint density at radius 3 is 2.89 bits per heavy atom. The van der Waals surface area contributed by atoms with Crippen LogP contribution in [0.5, 0.6) is 0 Å². The van der Waals surface area contributed by atoms with Gasteiger partial charge in [-0.05, 0) is 37.0 Å². The first kappa shape index (κ1) is 12.8. The molecule has 0 spiro atoms. The fraction of sp³-hybridized carbons (Fsp3) is 0.500. The Bertz CT molecular complexity index is 649. The number of hydrogen-bond donors (Lipinski definition) is 2. The van der Waals surface area contributed by atoms with Gasteiger partial charge >= 0.3 is 4.87 Å². The summed E-state index contributed by atoms with van der Waals surface area (Å²) in [7, 11) is 1.80. The van der Waals surface area contributed by atoms with Gasteiger partial charge in [-0.3, -0.25) is 4.79 Å². The summed E-state index contributed by atoms with van der Waals surface area (Å²) in [6.45, 7) is 0.945. The van der Waals surface area contributed by atoms with Gasteiger partial charge in [-0.25, -0.2) is 0 Å². The molecule has 3 rings (SSSR count). The van der Waals surface area contributed by atoms with E-state index in [2.05, 4.69) is 11.4 Å². The molecule has 0 bridgehead atoms. The molecule has 1 aliphatic carbocycles. The molecule has 0 amide bonds. The summed E-state index contributed by atoms with van der Waals surface area (Å²) in [6.07, 6.45) is 3.28. The lowest BCUT2D eigenvalue weighted by Crippen LogP contribution is -2.53. The second kappa shape index (κ2) is 4.74. The number of aromatic nitrogens is 1. The van der Waals surface area contributed by atoms with Crippen LogP contribution in [-0.2, 0) is 13.6 Å². The number of aliphatic hydroxyl groups excluding tert-OH is 1. The van der Waals surface area contributed by atoms with E-state index < -0.39 is 0 Å². The molecule has 0 unspecified atom stereocenters. The van der Waals surface area contributed by atoms with Crippen molar-refractivity contribution in [3.8, 4) is 0 Å². The van der Waals surface area contributed by atoms with E-state index in [1.54, 1.807) is 11.6 Å². The number of hydrogen-bond acceptors (Lipinski definition) is 4. The molecule has 1 saturated carbocycles. The average molecular weight is 278 g/mol. The zero-order valence-corrected chi connectivity index (χ0v) is 11.8. The van der Waals surface area contributed by atoms with E-state index in [0.29, 0.717) is 0 Å². The monoisotopic (exact) mass is 278 g/mol. The van der Waals surface area contributed by atoms with Crippen LogP contribution >= 0.6 is 11.3 Å². The van der Waals surface area contributed by atoms with Crippen molar-refractivity contribution in [2.75, 3.05) is 6.61 Å². The van der Waals surface area contributed by atoms with Gasteiger partial charge in [-0.15, -0.1) is 0 Å². The normalized spacial score (nSPS) is 17.6. The number of thiazole rings is 1. The predicted molar refractivity (Wildman–Crippen MR) is 77.6 cm³/mol. The average Bonchev–Trinajstić information content (AvgIpc) is 2.64. The van der Waals surface area contributed by atoms with Crippen molar-refractivity contribution in [2.24, 2.45) is 7.05 Å². The Hall–Kier alpha value is -1.17. The fourth-order valence-electron chi connectivity index (χ4n) is 2.57. The zero-order valence-electron chi connectivity index (χ0n) is 11.0. The molecule has 19 heavy (non-hydrogen) atoms. The van der Waals surface area contributed by atoms with Crippen LogP contribution in [0.2, 0.25) is 0 Å². The van der Waals surface area contributed by atoms with Crippen molar-refractivity contribution in [3.63, 3.8) is 0 Å². The Labute approximate surface area is 115 Å². The third-order valence-corrected chi connectivity index (χ3v) is 5.13. The van der Waals surface area contributed by atoms with Crippen molar-refractivity contribution in [3.05, 3.63) is 33.4 Å². The van der Waals surface area contributed by atoms with Gasteiger partial charge in [-0.1, -0.05) is 17.4 Å². The number of nitrogens with one attached hydrogen (secondary N) is 1. The minimum atomic E-state index is -0.0707. The van der Waals surface area contributed by atoms with Crippen molar-refractivity contribution in [2.45, 2.75) is 31.3 Å². The summed E-state index contributed by atoms with van der Waals surface area (Å²) in [6, 6.07) is 6.11. The van der Waals surface area contributed by atoms with Gasteiger partial charge in [0, 0.05) is 19.1 Å². The van der Waals surface area contributed by atoms with Crippen LogP contribution in [0.3, 0.4) is 0 Å². The number of aryl methyl sites for hydroxylation is 1. The maximum atomic E-state index is 11.6. The van der Waals surface area contributed by atoms with E-state index >= 15 is 0 Å². The summed E-state index contributed by atoms with van der Waals surface area (Å²) in [4.78, 5) is 11.7. The van der Waals surface area contributed by atoms with E-state index in [4.69, 9.17) is 0 Å². The second-order valence-electron chi connectivity index (χ2n) is 5.37. The number of rotatable bonds is 4. The van der Waals surface area contributed by atoms with E-state index in [1.165, 1.54) is 17.8 Å².